The molecule has 0 saturated carbocycles. The number of aryl methyl sites for hydroxylation is 1. The zero-order valence-corrected chi connectivity index (χ0v) is 13.9. The molecular weight excluding hydrogens is 276 g/mol. The summed E-state index contributed by atoms with van der Waals surface area (Å²) >= 11 is 0. The zero-order chi connectivity index (χ0) is 16.3. The summed E-state index contributed by atoms with van der Waals surface area (Å²) in [6, 6.07) is 10.3. The molecule has 2 rings (SSSR count). The predicted molar refractivity (Wildman–Crippen MR) is 88.4 cm³/mol. The van der Waals surface area contributed by atoms with E-state index in [1.54, 1.807) is 0 Å². The lowest BCUT2D eigenvalue weighted by Crippen LogP contribution is -2.24. The minimum absolute atomic E-state index is 0.207. The molecule has 4 heteroatoms. The van der Waals surface area contributed by atoms with Crippen LogP contribution in [-0.4, -0.2) is 17.1 Å². The van der Waals surface area contributed by atoms with Gasteiger partial charge in [-0.2, -0.15) is 0 Å². The van der Waals surface area contributed by atoms with E-state index in [0.717, 1.165) is 17.1 Å². The molecule has 118 valence electrons. The summed E-state index contributed by atoms with van der Waals surface area (Å²) in [5, 5.41) is 0. The van der Waals surface area contributed by atoms with E-state index < -0.39 is 0 Å². The van der Waals surface area contributed by atoms with Gasteiger partial charge in [-0.05, 0) is 50.5 Å². The Morgan fingerprint density at radius 3 is 2.64 bits per heavy atom. The number of hydrogen-bond acceptors (Lipinski definition) is 2. The molecule has 1 heterocycles. The van der Waals surface area contributed by atoms with Crippen LogP contribution in [0.25, 0.3) is 5.69 Å². The van der Waals surface area contributed by atoms with Crippen LogP contribution >= 0.6 is 0 Å². The van der Waals surface area contributed by atoms with E-state index in [9.17, 15) is 4.79 Å². The normalized spacial score (nSPS) is 11.0. The summed E-state index contributed by atoms with van der Waals surface area (Å²) in [7, 11) is 0. The number of nitrogens with one attached hydrogen (secondary N) is 1. The lowest BCUT2D eigenvalue weighted by molar-refractivity contribution is 0.0364. The fraction of sp³-hybridized carbons (Fsp3) is 0.389. The van der Waals surface area contributed by atoms with E-state index in [-0.39, 0.29) is 5.91 Å². The van der Waals surface area contributed by atoms with Gasteiger partial charge in [0.15, 0.2) is 0 Å². The Balaban J connectivity index is 2.42. The second kappa shape index (κ2) is 6.79. The summed E-state index contributed by atoms with van der Waals surface area (Å²) in [5.74, 6) is 0.262. The number of nitrogens with zero attached hydrogens (tertiary/aromatic N) is 1. The Labute approximate surface area is 132 Å². The third-order valence-corrected chi connectivity index (χ3v) is 3.78. The summed E-state index contributed by atoms with van der Waals surface area (Å²) in [4.78, 5) is 17.1. The number of hydrogen-bond donors (Lipinski definition) is 1. The zero-order valence-electron chi connectivity index (χ0n) is 13.9. The number of benzene rings is 1. The quantitative estimate of drug-likeness (QED) is 0.851. The number of hydroxylamine groups is 1. The molecule has 1 N–H and O–H groups in total. The van der Waals surface area contributed by atoms with Crippen molar-refractivity contribution in [3.05, 3.63) is 52.8 Å². The van der Waals surface area contributed by atoms with Gasteiger partial charge in [0.05, 0.1) is 12.2 Å². The average Bonchev–Trinajstić information content (AvgIpc) is 2.80. The van der Waals surface area contributed by atoms with Gasteiger partial charge < -0.3 is 4.57 Å². The number of rotatable bonds is 5. The van der Waals surface area contributed by atoms with Crippen LogP contribution in [0, 0.1) is 13.8 Å². The van der Waals surface area contributed by atoms with E-state index in [1.807, 2.05) is 26.8 Å². The van der Waals surface area contributed by atoms with Gasteiger partial charge in [-0.1, -0.05) is 26.0 Å². The van der Waals surface area contributed by atoms with Gasteiger partial charge >= 0.3 is 0 Å². The van der Waals surface area contributed by atoms with Gasteiger partial charge in [-0.25, -0.2) is 5.48 Å². The van der Waals surface area contributed by atoms with Crippen molar-refractivity contribution in [1.82, 2.24) is 10.0 Å². The Morgan fingerprint density at radius 2 is 2.00 bits per heavy atom. The maximum Gasteiger partial charge on any atom is 0.276 e. The molecule has 2 aromatic rings. The molecule has 0 spiro atoms. The number of carbonyl (C=O) groups excluding carboxylic acids is 1. The molecule has 1 amide bonds. The minimum atomic E-state index is -0.207. The maximum absolute atomic E-state index is 12.1. The molecule has 4 nitrogen and oxygen atoms in total. The van der Waals surface area contributed by atoms with E-state index >= 15 is 0 Å². The summed E-state index contributed by atoms with van der Waals surface area (Å²) in [6.45, 7) is 10.6. The number of amides is 1. The van der Waals surface area contributed by atoms with Gasteiger partial charge in [0, 0.05) is 17.1 Å². The van der Waals surface area contributed by atoms with Crippen molar-refractivity contribution in [2.75, 3.05) is 6.61 Å². The summed E-state index contributed by atoms with van der Waals surface area (Å²) in [5.41, 5.74) is 7.40. The van der Waals surface area contributed by atoms with Crippen molar-refractivity contribution in [2.45, 2.75) is 40.5 Å². The number of carbonyl (C=O) groups is 1. The molecular formula is C18H24N2O2. The standard InChI is InChI=1S/C18H24N2O2/c1-6-22-19-18(21)17-10-13(4)20(14(17)5)16-9-7-8-15(11-16)12(2)3/h7-12H,6H2,1-5H3,(H,19,21). The monoisotopic (exact) mass is 300 g/mol. The summed E-state index contributed by atoms with van der Waals surface area (Å²) < 4.78 is 2.10. The van der Waals surface area contributed by atoms with Gasteiger partial charge in [-0.15, -0.1) is 0 Å². The van der Waals surface area contributed by atoms with Crippen LogP contribution < -0.4 is 5.48 Å². The van der Waals surface area contributed by atoms with E-state index in [0.29, 0.717) is 18.1 Å². The van der Waals surface area contributed by atoms with Gasteiger partial charge in [0.25, 0.3) is 5.91 Å². The van der Waals surface area contributed by atoms with Crippen molar-refractivity contribution in [2.24, 2.45) is 0 Å². The number of aromatic nitrogens is 1. The first-order valence-electron chi connectivity index (χ1n) is 7.67. The molecule has 0 unspecified atom stereocenters. The molecule has 22 heavy (non-hydrogen) atoms. The van der Waals surface area contributed by atoms with Crippen LogP contribution in [0.1, 0.15) is 54.0 Å². The van der Waals surface area contributed by atoms with Gasteiger partial charge in [-0.3, -0.25) is 9.63 Å². The van der Waals surface area contributed by atoms with E-state index in [4.69, 9.17) is 4.84 Å². The van der Waals surface area contributed by atoms with Crippen LogP contribution in [0.2, 0.25) is 0 Å². The van der Waals surface area contributed by atoms with Crippen molar-refractivity contribution in [1.29, 1.82) is 0 Å². The lowest BCUT2D eigenvalue weighted by Gasteiger charge is -2.13. The minimum Gasteiger partial charge on any atom is -0.318 e. The van der Waals surface area contributed by atoms with Crippen LogP contribution in [0.5, 0.6) is 0 Å². The highest BCUT2D eigenvalue weighted by atomic mass is 16.6. The molecule has 0 atom stereocenters. The smallest absolute Gasteiger partial charge is 0.276 e. The highest BCUT2D eigenvalue weighted by molar-refractivity contribution is 5.95. The van der Waals surface area contributed by atoms with Crippen LogP contribution in [0.4, 0.5) is 0 Å². The fourth-order valence-electron chi connectivity index (χ4n) is 2.61. The molecule has 0 radical (unpaired) electrons. The Hall–Kier alpha value is -2.07. The Bertz CT molecular complexity index is 672. The topological polar surface area (TPSA) is 43.3 Å². The second-order valence-corrected chi connectivity index (χ2v) is 5.73. The third-order valence-electron chi connectivity index (χ3n) is 3.78. The first-order chi connectivity index (χ1) is 10.5. The average molecular weight is 300 g/mol. The molecule has 1 aromatic heterocycles. The summed E-state index contributed by atoms with van der Waals surface area (Å²) in [6.07, 6.45) is 0. The second-order valence-electron chi connectivity index (χ2n) is 5.73. The molecule has 0 aliphatic carbocycles. The van der Waals surface area contributed by atoms with E-state index in [2.05, 4.69) is 48.2 Å². The highest BCUT2D eigenvalue weighted by Gasteiger charge is 2.17. The fourth-order valence-corrected chi connectivity index (χ4v) is 2.61. The molecule has 0 fully saturated rings. The van der Waals surface area contributed by atoms with Gasteiger partial charge in [0.1, 0.15) is 0 Å². The Morgan fingerprint density at radius 1 is 1.27 bits per heavy atom. The first kappa shape index (κ1) is 16.3. The van der Waals surface area contributed by atoms with Crippen molar-refractivity contribution < 1.29 is 9.63 Å². The van der Waals surface area contributed by atoms with Crippen molar-refractivity contribution in [3.63, 3.8) is 0 Å². The Kier molecular flexibility index (Phi) is 5.03. The van der Waals surface area contributed by atoms with Crippen LogP contribution in [0.3, 0.4) is 0 Å². The first-order valence-corrected chi connectivity index (χ1v) is 7.67. The molecule has 1 aromatic carbocycles. The van der Waals surface area contributed by atoms with Crippen LogP contribution in [-0.2, 0) is 4.84 Å². The predicted octanol–water partition coefficient (Wildman–Crippen LogP) is 3.90. The lowest BCUT2D eigenvalue weighted by atomic mass is 10.0. The van der Waals surface area contributed by atoms with Gasteiger partial charge in [0.2, 0.25) is 0 Å². The molecule has 0 saturated heterocycles. The van der Waals surface area contributed by atoms with Crippen LogP contribution in [0.15, 0.2) is 30.3 Å². The largest absolute Gasteiger partial charge is 0.318 e. The maximum atomic E-state index is 12.1. The SMILES string of the molecule is CCONC(=O)c1cc(C)n(-c2cccc(C(C)C)c2)c1C. The molecule has 0 aliphatic rings. The van der Waals surface area contributed by atoms with Crippen molar-refractivity contribution >= 4 is 5.91 Å². The highest BCUT2D eigenvalue weighted by Crippen LogP contribution is 2.24. The van der Waals surface area contributed by atoms with Crippen molar-refractivity contribution in [3.8, 4) is 5.69 Å². The van der Waals surface area contributed by atoms with E-state index in [1.165, 1.54) is 5.56 Å². The third kappa shape index (κ3) is 3.22. The molecule has 0 bridgehead atoms. The molecule has 0 aliphatic heterocycles.